The molecule has 0 aliphatic rings. The van der Waals surface area contributed by atoms with Crippen molar-refractivity contribution in [3.05, 3.63) is 47.5 Å². The summed E-state index contributed by atoms with van der Waals surface area (Å²) in [6, 6.07) is 11.9. The lowest BCUT2D eigenvalue weighted by Crippen LogP contribution is -2.18. The average molecular weight is 397 g/mol. The van der Waals surface area contributed by atoms with Crippen molar-refractivity contribution < 1.29 is 23.7 Å². The Morgan fingerprint density at radius 2 is 1.79 bits per heavy atom. The topological polar surface area (TPSA) is 102 Å². The summed E-state index contributed by atoms with van der Waals surface area (Å²) in [5.74, 6) is 1.55. The third-order valence-electron chi connectivity index (χ3n) is 3.65. The minimum absolute atomic E-state index is 0.0122. The van der Waals surface area contributed by atoms with Crippen molar-refractivity contribution in [2.24, 2.45) is 5.10 Å². The highest BCUT2D eigenvalue weighted by atomic mass is 16.5. The van der Waals surface area contributed by atoms with Gasteiger partial charge in [-0.3, -0.25) is 4.79 Å². The molecule has 2 aromatic rings. The van der Waals surface area contributed by atoms with E-state index < -0.39 is 5.91 Å². The van der Waals surface area contributed by atoms with E-state index in [1.165, 1.54) is 20.4 Å². The third kappa shape index (κ3) is 6.14. The van der Waals surface area contributed by atoms with Gasteiger partial charge >= 0.3 is 0 Å². The summed E-state index contributed by atoms with van der Waals surface area (Å²) in [6.45, 7) is 3.74. The summed E-state index contributed by atoms with van der Waals surface area (Å²) < 4.78 is 21.4. The van der Waals surface area contributed by atoms with E-state index in [4.69, 9.17) is 24.2 Å². The van der Waals surface area contributed by atoms with E-state index in [1.54, 1.807) is 36.4 Å². The largest absolute Gasteiger partial charge is 0.493 e. The Labute approximate surface area is 169 Å². The van der Waals surface area contributed by atoms with Crippen LogP contribution in [-0.4, -0.2) is 39.1 Å². The number of benzene rings is 2. The van der Waals surface area contributed by atoms with Gasteiger partial charge in [0.2, 0.25) is 0 Å². The summed E-state index contributed by atoms with van der Waals surface area (Å²) in [7, 11) is 3.01. The third-order valence-corrected chi connectivity index (χ3v) is 3.65. The number of amides is 1. The van der Waals surface area contributed by atoms with Crippen molar-refractivity contribution in [3.8, 4) is 29.1 Å². The molecule has 1 amide bonds. The number of rotatable bonds is 9. The highest BCUT2D eigenvalue weighted by Crippen LogP contribution is 2.29. The summed E-state index contributed by atoms with van der Waals surface area (Å²) in [5, 5.41) is 12.6. The maximum absolute atomic E-state index is 12.3. The Morgan fingerprint density at radius 1 is 1.10 bits per heavy atom. The molecule has 0 aromatic heterocycles. The minimum Gasteiger partial charge on any atom is -0.493 e. The van der Waals surface area contributed by atoms with Gasteiger partial charge in [0.15, 0.2) is 29.6 Å². The van der Waals surface area contributed by atoms with Crippen LogP contribution in [0.3, 0.4) is 0 Å². The Balaban J connectivity index is 2.06. The molecule has 0 fully saturated rings. The Bertz CT molecular complexity index is 919. The zero-order chi connectivity index (χ0) is 21.2. The van der Waals surface area contributed by atoms with Crippen molar-refractivity contribution in [2.45, 2.75) is 20.0 Å². The van der Waals surface area contributed by atoms with Gasteiger partial charge in [-0.15, -0.1) is 0 Å². The van der Waals surface area contributed by atoms with E-state index in [0.717, 1.165) is 0 Å². The summed E-state index contributed by atoms with van der Waals surface area (Å²) in [6.07, 6.45) is 1.46. The first kappa shape index (κ1) is 21.6. The Hall–Kier alpha value is -3.73. The van der Waals surface area contributed by atoms with Gasteiger partial charge in [-0.2, -0.15) is 10.4 Å². The van der Waals surface area contributed by atoms with Gasteiger partial charge in [0.05, 0.1) is 26.5 Å². The van der Waals surface area contributed by atoms with E-state index in [0.29, 0.717) is 34.1 Å². The number of carbonyl (C=O) groups is 1. The second-order valence-electron chi connectivity index (χ2n) is 6.09. The number of hydrogen-bond acceptors (Lipinski definition) is 7. The monoisotopic (exact) mass is 397 g/mol. The van der Waals surface area contributed by atoms with E-state index in [2.05, 4.69) is 10.5 Å². The van der Waals surface area contributed by atoms with Crippen molar-refractivity contribution in [1.29, 1.82) is 5.26 Å². The minimum atomic E-state index is -0.392. The van der Waals surface area contributed by atoms with Crippen LogP contribution in [0.5, 0.6) is 23.0 Å². The number of methoxy groups -OCH3 is 2. The molecule has 8 heteroatoms. The first-order valence-electron chi connectivity index (χ1n) is 8.84. The molecule has 0 spiro atoms. The van der Waals surface area contributed by atoms with Gasteiger partial charge in [0, 0.05) is 5.56 Å². The predicted octanol–water partition coefficient (Wildman–Crippen LogP) is 3.16. The summed E-state index contributed by atoms with van der Waals surface area (Å²) in [5.41, 5.74) is 3.53. The van der Waals surface area contributed by atoms with E-state index in [-0.39, 0.29) is 12.7 Å². The Kier molecular flexibility index (Phi) is 7.86. The molecule has 8 nitrogen and oxygen atoms in total. The maximum Gasteiger partial charge on any atom is 0.271 e. The number of nitriles is 1. The van der Waals surface area contributed by atoms with Crippen molar-refractivity contribution >= 4 is 12.1 Å². The molecule has 2 aromatic carbocycles. The van der Waals surface area contributed by atoms with Gasteiger partial charge < -0.3 is 18.9 Å². The fraction of sp³-hybridized carbons (Fsp3) is 0.286. The van der Waals surface area contributed by atoms with Crippen molar-refractivity contribution in [1.82, 2.24) is 5.43 Å². The molecule has 0 heterocycles. The summed E-state index contributed by atoms with van der Waals surface area (Å²) in [4.78, 5) is 12.3. The highest BCUT2D eigenvalue weighted by Gasteiger charge is 2.12. The molecule has 0 saturated carbocycles. The van der Waals surface area contributed by atoms with Crippen LogP contribution in [0.15, 0.2) is 41.5 Å². The fourth-order valence-electron chi connectivity index (χ4n) is 2.38. The molecule has 29 heavy (non-hydrogen) atoms. The zero-order valence-corrected chi connectivity index (χ0v) is 16.8. The lowest BCUT2D eigenvalue weighted by Gasteiger charge is -2.14. The number of nitrogens with zero attached hydrogens (tertiary/aromatic N) is 2. The van der Waals surface area contributed by atoms with Gasteiger partial charge in [0.25, 0.3) is 5.91 Å². The van der Waals surface area contributed by atoms with Gasteiger partial charge in [-0.1, -0.05) is 0 Å². The van der Waals surface area contributed by atoms with E-state index in [9.17, 15) is 4.79 Å². The van der Waals surface area contributed by atoms with Gasteiger partial charge in [0.1, 0.15) is 6.07 Å². The average Bonchev–Trinajstić information content (AvgIpc) is 2.72. The van der Waals surface area contributed by atoms with Crippen LogP contribution in [-0.2, 0) is 0 Å². The van der Waals surface area contributed by atoms with Crippen LogP contribution < -0.4 is 24.4 Å². The molecule has 1 N–H and O–H groups in total. The zero-order valence-electron chi connectivity index (χ0n) is 16.8. The Morgan fingerprint density at radius 3 is 2.45 bits per heavy atom. The quantitative estimate of drug-likeness (QED) is 0.515. The van der Waals surface area contributed by atoms with Crippen LogP contribution >= 0.6 is 0 Å². The molecule has 0 unspecified atom stereocenters. The maximum atomic E-state index is 12.3. The smallest absolute Gasteiger partial charge is 0.271 e. The first-order valence-corrected chi connectivity index (χ1v) is 8.84. The molecule has 2 rings (SSSR count). The van der Waals surface area contributed by atoms with Crippen LogP contribution in [0.2, 0.25) is 0 Å². The van der Waals surface area contributed by atoms with Crippen LogP contribution in [0.4, 0.5) is 0 Å². The first-order chi connectivity index (χ1) is 14.0. The predicted molar refractivity (Wildman–Crippen MR) is 108 cm³/mol. The molecular formula is C21H23N3O5. The molecule has 0 radical (unpaired) electrons. The molecule has 0 bridgehead atoms. The molecule has 0 atom stereocenters. The van der Waals surface area contributed by atoms with Crippen LogP contribution in [0.1, 0.15) is 29.8 Å². The highest BCUT2D eigenvalue weighted by molar-refractivity contribution is 5.95. The van der Waals surface area contributed by atoms with Crippen LogP contribution in [0.25, 0.3) is 0 Å². The molecule has 0 aliphatic carbocycles. The lowest BCUT2D eigenvalue weighted by atomic mass is 10.2. The van der Waals surface area contributed by atoms with Gasteiger partial charge in [-0.25, -0.2) is 5.43 Å². The van der Waals surface area contributed by atoms with Gasteiger partial charge in [-0.05, 0) is 55.8 Å². The SMILES string of the molecule is COc1cc(/C=N/NC(=O)c2ccc(OC(C)C)c(OC)c2)ccc1OCC#N. The summed E-state index contributed by atoms with van der Waals surface area (Å²) >= 11 is 0. The standard InChI is InChI=1S/C21H23N3O5/c1-14(2)29-18-8-6-16(12-20(18)27-4)21(25)24-23-13-15-5-7-17(28-10-9-22)19(11-15)26-3/h5-8,11-14H,10H2,1-4H3,(H,24,25)/b23-13+. The number of hydrogen-bond donors (Lipinski definition) is 1. The molecule has 152 valence electrons. The molecule has 0 aliphatic heterocycles. The number of carbonyl (C=O) groups excluding carboxylic acids is 1. The molecular weight excluding hydrogens is 374 g/mol. The van der Waals surface area contributed by atoms with Crippen molar-refractivity contribution in [3.63, 3.8) is 0 Å². The van der Waals surface area contributed by atoms with E-state index in [1.807, 2.05) is 19.9 Å². The number of ether oxygens (including phenoxy) is 4. The normalized spacial score (nSPS) is 10.5. The fourth-order valence-corrected chi connectivity index (χ4v) is 2.38. The van der Waals surface area contributed by atoms with E-state index >= 15 is 0 Å². The van der Waals surface area contributed by atoms with Crippen molar-refractivity contribution in [2.75, 3.05) is 20.8 Å². The van der Waals surface area contributed by atoms with Crippen LogP contribution in [0, 0.1) is 11.3 Å². The number of nitrogens with one attached hydrogen (secondary N) is 1. The lowest BCUT2D eigenvalue weighted by molar-refractivity contribution is 0.0954. The number of hydrazone groups is 1. The second-order valence-corrected chi connectivity index (χ2v) is 6.09. The molecule has 0 saturated heterocycles. The second kappa shape index (κ2) is 10.6.